The summed E-state index contributed by atoms with van der Waals surface area (Å²) in [5.41, 5.74) is 3.77. The summed E-state index contributed by atoms with van der Waals surface area (Å²) >= 11 is 1.72. The number of benzene rings is 1. The molecular weight excluding hydrogens is 278 g/mol. The van der Waals surface area contributed by atoms with Crippen LogP contribution in [0.4, 0.5) is 0 Å². The predicted octanol–water partition coefficient (Wildman–Crippen LogP) is 4.00. The molecular formula is C17H25N3S. The summed E-state index contributed by atoms with van der Waals surface area (Å²) < 4.78 is 0. The topological polar surface area (TPSA) is 37.8 Å². The van der Waals surface area contributed by atoms with E-state index in [1.807, 2.05) is 0 Å². The van der Waals surface area contributed by atoms with Gasteiger partial charge in [-0.1, -0.05) is 48.9 Å². The van der Waals surface area contributed by atoms with E-state index < -0.39 is 0 Å². The van der Waals surface area contributed by atoms with Gasteiger partial charge in [0, 0.05) is 12.0 Å². The molecule has 2 rings (SSSR count). The van der Waals surface area contributed by atoms with Crippen molar-refractivity contribution >= 4 is 11.3 Å². The summed E-state index contributed by atoms with van der Waals surface area (Å²) in [5, 5.41) is 14.3. The van der Waals surface area contributed by atoms with Crippen molar-refractivity contribution in [3.05, 3.63) is 34.3 Å². The van der Waals surface area contributed by atoms with Crippen LogP contribution >= 0.6 is 11.3 Å². The van der Waals surface area contributed by atoms with Crippen LogP contribution in [0.3, 0.4) is 0 Å². The van der Waals surface area contributed by atoms with E-state index in [4.69, 9.17) is 0 Å². The first-order chi connectivity index (χ1) is 10.1. The van der Waals surface area contributed by atoms with Gasteiger partial charge in [0.1, 0.15) is 10.0 Å². The fraction of sp³-hybridized carbons (Fsp3) is 0.529. The van der Waals surface area contributed by atoms with E-state index in [1.165, 1.54) is 16.7 Å². The number of nitrogens with zero attached hydrogens (tertiary/aromatic N) is 2. The Bertz CT molecular complexity index is 575. The van der Waals surface area contributed by atoms with Gasteiger partial charge in [0.15, 0.2) is 0 Å². The van der Waals surface area contributed by atoms with Gasteiger partial charge in [-0.05, 0) is 44.8 Å². The summed E-state index contributed by atoms with van der Waals surface area (Å²) in [6.45, 7) is 10.9. The third kappa shape index (κ3) is 4.90. The monoisotopic (exact) mass is 303 g/mol. The van der Waals surface area contributed by atoms with Crippen LogP contribution < -0.4 is 5.32 Å². The fourth-order valence-electron chi connectivity index (χ4n) is 2.27. The lowest BCUT2D eigenvalue weighted by molar-refractivity contribution is 0.542. The smallest absolute Gasteiger partial charge is 0.148 e. The molecule has 0 aliphatic rings. The largest absolute Gasteiger partial charge is 0.316 e. The Labute approximate surface area is 131 Å². The second-order valence-corrected chi connectivity index (χ2v) is 7.08. The van der Waals surface area contributed by atoms with Crippen molar-refractivity contribution in [2.45, 2.75) is 40.5 Å². The zero-order valence-corrected chi connectivity index (χ0v) is 14.3. The normalized spacial score (nSPS) is 11.3. The summed E-state index contributed by atoms with van der Waals surface area (Å²) in [4.78, 5) is 0. The first kappa shape index (κ1) is 16.1. The third-order valence-electron chi connectivity index (χ3n) is 3.38. The first-order valence-corrected chi connectivity index (χ1v) is 8.48. The average molecular weight is 303 g/mol. The van der Waals surface area contributed by atoms with E-state index in [-0.39, 0.29) is 0 Å². The number of hydrogen-bond donors (Lipinski definition) is 1. The van der Waals surface area contributed by atoms with Crippen molar-refractivity contribution in [3.63, 3.8) is 0 Å². The Hall–Kier alpha value is -1.26. The minimum absolute atomic E-state index is 0.711. The Morgan fingerprint density at radius 2 is 2.00 bits per heavy atom. The second-order valence-electron chi connectivity index (χ2n) is 6.02. The quantitative estimate of drug-likeness (QED) is 0.786. The molecule has 4 heteroatoms. The van der Waals surface area contributed by atoms with Crippen LogP contribution in [-0.4, -0.2) is 23.3 Å². The van der Waals surface area contributed by atoms with Crippen molar-refractivity contribution in [1.29, 1.82) is 0 Å². The molecule has 114 valence electrons. The molecule has 1 N–H and O–H groups in total. The zero-order valence-electron chi connectivity index (χ0n) is 13.4. The molecule has 1 aromatic carbocycles. The Kier molecular flexibility index (Phi) is 5.88. The van der Waals surface area contributed by atoms with Crippen LogP contribution in [-0.2, 0) is 6.42 Å². The molecule has 0 aliphatic carbocycles. The van der Waals surface area contributed by atoms with Crippen LogP contribution in [0.1, 0.15) is 36.4 Å². The number of nitrogens with one attached hydrogen (secondary N) is 1. The molecule has 0 amide bonds. The van der Waals surface area contributed by atoms with Gasteiger partial charge in [0.25, 0.3) is 0 Å². The first-order valence-electron chi connectivity index (χ1n) is 7.67. The summed E-state index contributed by atoms with van der Waals surface area (Å²) in [6, 6.07) is 6.49. The van der Waals surface area contributed by atoms with Gasteiger partial charge in [0.2, 0.25) is 0 Å². The second kappa shape index (κ2) is 7.66. The lowest BCUT2D eigenvalue weighted by Crippen LogP contribution is -2.21. The summed E-state index contributed by atoms with van der Waals surface area (Å²) in [5.74, 6) is 0.711. The van der Waals surface area contributed by atoms with E-state index in [0.29, 0.717) is 5.92 Å². The molecule has 0 saturated carbocycles. The van der Waals surface area contributed by atoms with Gasteiger partial charge in [-0.25, -0.2) is 0 Å². The molecule has 1 aromatic heterocycles. The number of aryl methyl sites for hydroxylation is 3. The van der Waals surface area contributed by atoms with E-state index >= 15 is 0 Å². The SMILES string of the molecule is Cc1ccc(-c2nnc(CCCNCC(C)C)s2)c(C)c1. The molecule has 0 aliphatic heterocycles. The van der Waals surface area contributed by atoms with Crippen molar-refractivity contribution in [1.82, 2.24) is 15.5 Å². The molecule has 3 nitrogen and oxygen atoms in total. The lowest BCUT2D eigenvalue weighted by atomic mass is 10.1. The van der Waals surface area contributed by atoms with Crippen molar-refractivity contribution in [3.8, 4) is 10.6 Å². The highest BCUT2D eigenvalue weighted by atomic mass is 32.1. The van der Waals surface area contributed by atoms with Gasteiger partial charge >= 0.3 is 0 Å². The number of aromatic nitrogens is 2. The molecule has 0 radical (unpaired) electrons. The van der Waals surface area contributed by atoms with E-state index in [2.05, 4.69) is 61.4 Å². The minimum Gasteiger partial charge on any atom is -0.316 e. The van der Waals surface area contributed by atoms with E-state index in [0.717, 1.165) is 35.9 Å². The predicted molar refractivity (Wildman–Crippen MR) is 90.8 cm³/mol. The van der Waals surface area contributed by atoms with Crippen LogP contribution in [0.5, 0.6) is 0 Å². The average Bonchev–Trinajstić information content (AvgIpc) is 2.86. The third-order valence-corrected chi connectivity index (χ3v) is 4.39. The maximum atomic E-state index is 4.35. The fourth-order valence-corrected chi connectivity index (χ4v) is 3.24. The van der Waals surface area contributed by atoms with Gasteiger partial charge in [-0.15, -0.1) is 10.2 Å². The molecule has 21 heavy (non-hydrogen) atoms. The van der Waals surface area contributed by atoms with Crippen LogP contribution in [0.2, 0.25) is 0 Å². The van der Waals surface area contributed by atoms with Crippen LogP contribution in [0.15, 0.2) is 18.2 Å². The van der Waals surface area contributed by atoms with Crippen molar-refractivity contribution in [2.24, 2.45) is 5.92 Å². The summed E-state index contributed by atoms with van der Waals surface area (Å²) in [7, 11) is 0. The maximum Gasteiger partial charge on any atom is 0.148 e. The Morgan fingerprint density at radius 3 is 2.71 bits per heavy atom. The molecule has 0 spiro atoms. The highest BCUT2D eigenvalue weighted by Gasteiger charge is 2.09. The maximum absolute atomic E-state index is 4.35. The summed E-state index contributed by atoms with van der Waals surface area (Å²) in [6.07, 6.45) is 2.13. The lowest BCUT2D eigenvalue weighted by Gasteiger charge is -2.05. The Morgan fingerprint density at radius 1 is 1.19 bits per heavy atom. The van der Waals surface area contributed by atoms with E-state index in [1.54, 1.807) is 11.3 Å². The molecule has 0 saturated heterocycles. The van der Waals surface area contributed by atoms with Crippen LogP contribution in [0.25, 0.3) is 10.6 Å². The van der Waals surface area contributed by atoms with Gasteiger partial charge in [-0.3, -0.25) is 0 Å². The Balaban J connectivity index is 1.89. The van der Waals surface area contributed by atoms with E-state index in [9.17, 15) is 0 Å². The van der Waals surface area contributed by atoms with Crippen molar-refractivity contribution in [2.75, 3.05) is 13.1 Å². The zero-order chi connectivity index (χ0) is 15.2. The minimum atomic E-state index is 0.711. The van der Waals surface area contributed by atoms with Gasteiger partial charge < -0.3 is 5.32 Å². The molecule has 0 unspecified atom stereocenters. The highest BCUT2D eigenvalue weighted by molar-refractivity contribution is 7.14. The van der Waals surface area contributed by atoms with Gasteiger partial charge in [0.05, 0.1) is 0 Å². The number of rotatable bonds is 7. The van der Waals surface area contributed by atoms with Crippen LogP contribution in [0, 0.1) is 19.8 Å². The molecule has 0 atom stereocenters. The molecule has 1 heterocycles. The van der Waals surface area contributed by atoms with Gasteiger partial charge in [-0.2, -0.15) is 0 Å². The number of hydrogen-bond acceptors (Lipinski definition) is 4. The standard InChI is InChI=1S/C17H25N3S/c1-12(2)11-18-9-5-6-16-19-20-17(21-16)15-8-7-13(3)10-14(15)4/h7-8,10,12,18H,5-6,9,11H2,1-4H3. The molecule has 2 aromatic rings. The molecule has 0 bridgehead atoms. The highest BCUT2D eigenvalue weighted by Crippen LogP contribution is 2.27. The molecule has 0 fully saturated rings. The van der Waals surface area contributed by atoms with Crippen molar-refractivity contribution < 1.29 is 0 Å².